The van der Waals surface area contributed by atoms with Crippen LogP contribution in [0.1, 0.15) is 10.5 Å². The summed E-state index contributed by atoms with van der Waals surface area (Å²) in [4.78, 5) is 26.6. The molecule has 0 amide bonds. The molecule has 138 valence electrons. The van der Waals surface area contributed by atoms with Crippen molar-refractivity contribution >= 4 is 34.1 Å². The monoisotopic (exact) mass is 396 g/mol. The molecule has 1 aliphatic heterocycles. The third-order valence-corrected chi connectivity index (χ3v) is 5.36. The topological polar surface area (TPSA) is 88.7 Å². The van der Waals surface area contributed by atoms with Gasteiger partial charge in [0.25, 0.3) is 0 Å². The number of ether oxygens (including phenoxy) is 2. The quantitative estimate of drug-likeness (QED) is 0.451. The SMILES string of the molecule is COc1ccc(-[n+]2[nH]oc(=O)c2C(=O)CSC(=S)N2CCOCC2)cc1. The van der Waals surface area contributed by atoms with Crippen LogP contribution in [0.15, 0.2) is 33.6 Å². The number of hydrogen-bond acceptors (Lipinski definition) is 7. The summed E-state index contributed by atoms with van der Waals surface area (Å²) in [6, 6.07) is 6.88. The maximum absolute atomic E-state index is 12.6. The van der Waals surface area contributed by atoms with E-state index in [-0.39, 0.29) is 17.2 Å². The molecule has 3 rings (SSSR count). The summed E-state index contributed by atoms with van der Waals surface area (Å²) in [5.74, 6) is 0.352. The van der Waals surface area contributed by atoms with E-state index in [1.165, 1.54) is 16.4 Å². The molecule has 1 fully saturated rings. The van der Waals surface area contributed by atoms with E-state index >= 15 is 0 Å². The first-order chi connectivity index (χ1) is 12.6. The van der Waals surface area contributed by atoms with Crippen molar-refractivity contribution in [2.45, 2.75) is 0 Å². The normalized spacial score (nSPS) is 14.3. The number of carbonyl (C=O) groups excluding carboxylic acids is 1. The second-order valence-corrected chi connectivity index (χ2v) is 7.05. The van der Waals surface area contributed by atoms with Crippen molar-refractivity contribution in [3.05, 3.63) is 40.4 Å². The van der Waals surface area contributed by atoms with E-state index in [0.29, 0.717) is 42.1 Å². The van der Waals surface area contributed by atoms with E-state index in [9.17, 15) is 9.59 Å². The zero-order chi connectivity index (χ0) is 18.5. The molecule has 1 N–H and O–H groups in total. The van der Waals surface area contributed by atoms with Crippen LogP contribution in [-0.2, 0) is 4.74 Å². The number of aromatic nitrogens is 2. The first-order valence-corrected chi connectivity index (χ1v) is 9.30. The van der Waals surface area contributed by atoms with Crippen LogP contribution >= 0.6 is 24.0 Å². The number of rotatable bonds is 5. The molecule has 1 aromatic heterocycles. The van der Waals surface area contributed by atoms with Crippen molar-refractivity contribution in [3.63, 3.8) is 0 Å². The summed E-state index contributed by atoms with van der Waals surface area (Å²) in [7, 11) is 1.56. The molecule has 0 radical (unpaired) electrons. The average Bonchev–Trinajstić information content (AvgIpc) is 3.08. The fourth-order valence-electron chi connectivity index (χ4n) is 2.46. The summed E-state index contributed by atoms with van der Waals surface area (Å²) in [5, 5.41) is 2.46. The van der Waals surface area contributed by atoms with Crippen LogP contribution < -0.4 is 15.0 Å². The number of Topliss-reactive ketones (excluding diaryl/α,β-unsaturated/α-hetero) is 1. The number of thioether (sulfide) groups is 1. The van der Waals surface area contributed by atoms with Crippen molar-refractivity contribution in [2.24, 2.45) is 0 Å². The highest BCUT2D eigenvalue weighted by atomic mass is 32.2. The van der Waals surface area contributed by atoms with Gasteiger partial charge in [0.05, 0.1) is 26.1 Å². The van der Waals surface area contributed by atoms with Gasteiger partial charge in [-0.15, -0.1) is 0 Å². The third-order valence-electron chi connectivity index (χ3n) is 3.84. The summed E-state index contributed by atoms with van der Waals surface area (Å²) in [5.41, 5.74) is -0.211. The average molecular weight is 396 g/mol. The van der Waals surface area contributed by atoms with E-state index in [1.807, 2.05) is 4.90 Å². The number of hydrogen-bond donors (Lipinski definition) is 1. The predicted octanol–water partition coefficient (Wildman–Crippen LogP) is 0.786. The molecule has 2 aromatic rings. The zero-order valence-corrected chi connectivity index (χ0v) is 15.7. The Bertz CT molecular complexity index is 840. The van der Waals surface area contributed by atoms with Gasteiger partial charge in [0.15, 0.2) is 0 Å². The lowest BCUT2D eigenvalue weighted by Gasteiger charge is -2.28. The van der Waals surface area contributed by atoms with Gasteiger partial charge in [-0.2, -0.15) is 0 Å². The molecule has 1 aromatic carbocycles. The van der Waals surface area contributed by atoms with Crippen LogP contribution in [0.2, 0.25) is 0 Å². The standard InChI is InChI=1S/C16H17N3O5S2/c1-22-12-4-2-11(3-5-12)19-14(15(21)24-17-19)13(20)10-26-16(25)18-6-8-23-9-7-18/h2-5H,6-10H2,1H3/p+1. The van der Waals surface area contributed by atoms with Crippen LogP contribution in [0, 0.1) is 0 Å². The fraction of sp³-hybridized carbons (Fsp3) is 0.375. The van der Waals surface area contributed by atoms with Gasteiger partial charge in [0, 0.05) is 25.2 Å². The van der Waals surface area contributed by atoms with Crippen molar-refractivity contribution in [3.8, 4) is 11.4 Å². The van der Waals surface area contributed by atoms with Crippen molar-refractivity contribution in [2.75, 3.05) is 39.2 Å². The Morgan fingerprint density at radius 2 is 2.04 bits per heavy atom. The Hall–Kier alpha value is -2.17. The van der Waals surface area contributed by atoms with E-state index in [1.54, 1.807) is 31.4 Å². The highest BCUT2D eigenvalue weighted by Crippen LogP contribution is 2.14. The maximum Gasteiger partial charge on any atom is 0.438 e. The number of nitrogens with zero attached hydrogens (tertiary/aromatic N) is 2. The number of ketones is 1. The summed E-state index contributed by atoms with van der Waals surface area (Å²) < 4.78 is 17.1. The Balaban J connectivity index is 1.72. The highest BCUT2D eigenvalue weighted by molar-refractivity contribution is 8.23. The van der Waals surface area contributed by atoms with Gasteiger partial charge in [0.2, 0.25) is 11.5 Å². The second kappa shape index (κ2) is 8.47. The van der Waals surface area contributed by atoms with Gasteiger partial charge in [-0.1, -0.05) is 24.0 Å². The molecule has 1 saturated heterocycles. The molecule has 0 saturated carbocycles. The van der Waals surface area contributed by atoms with Crippen LogP contribution in [0.25, 0.3) is 5.69 Å². The number of aromatic amines is 1. The molecule has 0 bridgehead atoms. The maximum atomic E-state index is 12.6. The molecular formula is C16H18N3O5S2+. The molecule has 0 unspecified atom stereocenters. The van der Waals surface area contributed by atoms with Crippen LogP contribution in [0.3, 0.4) is 0 Å². The number of benzene rings is 1. The van der Waals surface area contributed by atoms with Gasteiger partial charge < -0.3 is 14.4 Å². The first kappa shape index (κ1) is 18.6. The summed E-state index contributed by atoms with van der Waals surface area (Å²) in [6.45, 7) is 2.65. The Morgan fingerprint density at radius 3 is 2.69 bits per heavy atom. The number of carbonyl (C=O) groups is 1. The molecule has 0 aliphatic carbocycles. The van der Waals surface area contributed by atoms with E-state index in [2.05, 4.69) is 5.27 Å². The highest BCUT2D eigenvalue weighted by Gasteiger charge is 2.31. The second-order valence-electron chi connectivity index (χ2n) is 5.44. The number of thiocarbonyl (C=S) groups is 1. The fourth-order valence-corrected chi connectivity index (χ4v) is 3.57. The number of morpholine rings is 1. The van der Waals surface area contributed by atoms with Crippen molar-refractivity contribution in [1.82, 2.24) is 10.2 Å². The minimum absolute atomic E-state index is 0.0506. The zero-order valence-electron chi connectivity index (χ0n) is 14.1. The summed E-state index contributed by atoms with van der Waals surface area (Å²) in [6.07, 6.45) is 0. The van der Waals surface area contributed by atoms with Gasteiger partial charge in [-0.05, 0) is 22.1 Å². The molecule has 26 heavy (non-hydrogen) atoms. The molecular weight excluding hydrogens is 378 g/mol. The Labute approximate surface area is 159 Å². The first-order valence-electron chi connectivity index (χ1n) is 7.90. The minimum atomic E-state index is -0.719. The van der Waals surface area contributed by atoms with Gasteiger partial charge >= 0.3 is 11.3 Å². The third kappa shape index (κ3) is 4.14. The molecule has 1 aliphatic rings. The van der Waals surface area contributed by atoms with Crippen LogP contribution in [0.5, 0.6) is 5.75 Å². The molecule has 10 heteroatoms. The molecule has 0 atom stereocenters. The van der Waals surface area contributed by atoms with E-state index in [4.69, 9.17) is 26.2 Å². The number of methoxy groups -OCH3 is 1. The summed E-state index contributed by atoms with van der Waals surface area (Å²) >= 11 is 6.59. The predicted molar refractivity (Wildman–Crippen MR) is 99.2 cm³/mol. The molecule has 2 heterocycles. The number of H-pyrrole nitrogens is 1. The van der Waals surface area contributed by atoms with E-state index in [0.717, 1.165) is 0 Å². The molecule has 8 nitrogen and oxygen atoms in total. The van der Waals surface area contributed by atoms with Crippen LogP contribution in [0.4, 0.5) is 0 Å². The van der Waals surface area contributed by atoms with Crippen LogP contribution in [-0.4, -0.2) is 59.4 Å². The van der Waals surface area contributed by atoms with Gasteiger partial charge in [0.1, 0.15) is 10.1 Å². The Kier molecular flexibility index (Phi) is 6.07. The minimum Gasteiger partial charge on any atom is -0.497 e. The lowest BCUT2D eigenvalue weighted by Crippen LogP contribution is -2.42. The largest absolute Gasteiger partial charge is 0.497 e. The Morgan fingerprint density at radius 1 is 1.35 bits per heavy atom. The van der Waals surface area contributed by atoms with Crippen molar-refractivity contribution < 1.29 is 23.5 Å². The number of nitrogens with one attached hydrogen (secondary N) is 1. The lowest BCUT2D eigenvalue weighted by atomic mass is 10.2. The van der Waals surface area contributed by atoms with Crippen molar-refractivity contribution in [1.29, 1.82) is 0 Å². The molecule has 0 spiro atoms. The van der Waals surface area contributed by atoms with Gasteiger partial charge in [-0.3, -0.25) is 9.32 Å². The van der Waals surface area contributed by atoms with Gasteiger partial charge in [-0.25, -0.2) is 4.79 Å². The van der Waals surface area contributed by atoms with E-state index < -0.39 is 5.63 Å². The lowest BCUT2D eigenvalue weighted by molar-refractivity contribution is -0.672. The smallest absolute Gasteiger partial charge is 0.438 e.